The lowest BCUT2D eigenvalue weighted by molar-refractivity contribution is -0.148. The molecule has 0 unspecified atom stereocenters. The van der Waals surface area contributed by atoms with Crippen LogP contribution in [0.15, 0.2) is 47.4 Å². The molecule has 9 nitrogen and oxygen atoms in total. The van der Waals surface area contributed by atoms with Gasteiger partial charge in [0.2, 0.25) is 0 Å². The molecule has 172 valence electrons. The quantitative estimate of drug-likeness (QED) is 0.455. The highest BCUT2D eigenvalue weighted by atomic mass is 32.2. The minimum atomic E-state index is -1.02. The van der Waals surface area contributed by atoms with E-state index in [1.807, 2.05) is 0 Å². The van der Waals surface area contributed by atoms with Gasteiger partial charge in [0.25, 0.3) is 11.1 Å². The largest absolute Gasteiger partial charge is 0.493 e. The number of amides is 2. The number of carboxylic acid groups (broad SMARTS) is 1. The van der Waals surface area contributed by atoms with Crippen LogP contribution in [0.1, 0.15) is 28.4 Å². The Morgan fingerprint density at radius 2 is 1.79 bits per heavy atom. The minimum Gasteiger partial charge on any atom is -0.493 e. The molecule has 1 aliphatic heterocycles. The lowest BCUT2D eigenvalue weighted by Crippen LogP contribution is -2.42. The Bertz CT molecular complexity index is 1130. The number of hydrogen-bond acceptors (Lipinski definition) is 8. The zero-order valence-corrected chi connectivity index (χ0v) is 18.9. The van der Waals surface area contributed by atoms with E-state index in [0.717, 1.165) is 22.2 Å². The number of esters is 1. The molecule has 0 radical (unpaired) electrons. The molecular formula is C23H21NO8S. The molecule has 1 fully saturated rings. The predicted molar refractivity (Wildman–Crippen MR) is 120 cm³/mol. The molecule has 0 saturated carbocycles. The molecule has 2 aromatic carbocycles. The summed E-state index contributed by atoms with van der Waals surface area (Å²) < 4.78 is 15.8. The maximum Gasteiger partial charge on any atom is 0.335 e. The molecule has 1 atom stereocenters. The highest BCUT2D eigenvalue weighted by molar-refractivity contribution is 8.18. The van der Waals surface area contributed by atoms with Crippen LogP contribution in [0.25, 0.3) is 6.08 Å². The van der Waals surface area contributed by atoms with Gasteiger partial charge in [0.15, 0.2) is 11.5 Å². The van der Waals surface area contributed by atoms with Crippen LogP contribution in [-0.4, -0.2) is 53.4 Å². The van der Waals surface area contributed by atoms with Crippen LogP contribution in [0.4, 0.5) is 4.79 Å². The number of methoxy groups -OCH3 is 2. The van der Waals surface area contributed by atoms with Crippen molar-refractivity contribution >= 4 is 40.9 Å². The van der Waals surface area contributed by atoms with Crippen LogP contribution in [0.2, 0.25) is 0 Å². The van der Waals surface area contributed by atoms with Crippen LogP contribution >= 0.6 is 11.8 Å². The van der Waals surface area contributed by atoms with Gasteiger partial charge in [-0.05, 0) is 60.2 Å². The number of hydrogen-bond donors (Lipinski definition) is 1. The van der Waals surface area contributed by atoms with Crippen molar-refractivity contribution in [3.63, 3.8) is 0 Å². The van der Waals surface area contributed by atoms with Crippen LogP contribution in [-0.2, 0) is 20.9 Å². The highest BCUT2D eigenvalue weighted by Gasteiger charge is 2.41. The molecule has 0 spiro atoms. The van der Waals surface area contributed by atoms with Gasteiger partial charge < -0.3 is 19.3 Å². The van der Waals surface area contributed by atoms with Crippen LogP contribution in [0, 0.1) is 0 Å². The zero-order chi connectivity index (χ0) is 24.1. The van der Waals surface area contributed by atoms with Crippen LogP contribution in [0.3, 0.4) is 0 Å². The van der Waals surface area contributed by atoms with Gasteiger partial charge in [-0.3, -0.25) is 14.5 Å². The fourth-order valence-corrected chi connectivity index (χ4v) is 3.95. The number of thioether (sulfide) groups is 1. The molecule has 0 bridgehead atoms. The Morgan fingerprint density at radius 1 is 1.09 bits per heavy atom. The third-order valence-electron chi connectivity index (χ3n) is 4.83. The molecule has 0 aromatic heterocycles. The Kier molecular flexibility index (Phi) is 7.39. The van der Waals surface area contributed by atoms with Crippen LogP contribution in [0.5, 0.6) is 11.5 Å². The van der Waals surface area contributed by atoms with Gasteiger partial charge >= 0.3 is 11.9 Å². The summed E-state index contributed by atoms with van der Waals surface area (Å²) in [5.41, 5.74) is 1.56. The highest BCUT2D eigenvalue weighted by Crippen LogP contribution is 2.35. The van der Waals surface area contributed by atoms with Gasteiger partial charge in [-0.15, -0.1) is 0 Å². The predicted octanol–water partition coefficient (Wildman–Crippen LogP) is 3.57. The number of carbonyl (C=O) groups excluding carboxylic acids is 3. The van der Waals surface area contributed by atoms with Crippen molar-refractivity contribution in [3.8, 4) is 11.5 Å². The van der Waals surface area contributed by atoms with Gasteiger partial charge in [-0.1, -0.05) is 18.2 Å². The summed E-state index contributed by atoms with van der Waals surface area (Å²) in [6.45, 7) is 1.62. The summed E-state index contributed by atoms with van der Waals surface area (Å²) in [6, 6.07) is 10.3. The monoisotopic (exact) mass is 471 g/mol. The van der Waals surface area contributed by atoms with E-state index in [1.54, 1.807) is 30.3 Å². The second kappa shape index (κ2) is 10.2. The number of carbonyl (C=O) groups is 4. The van der Waals surface area contributed by atoms with Gasteiger partial charge in [-0.2, -0.15) is 0 Å². The average molecular weight is 471 g/mol. The molecule has 0 aliphatic carbocycles. The minimum absolute atomic E-state index is 0.171. The van der Waals surface area contributed by atoms with Crippen molar-refractivity contribution in [2.75, 3.05) is 14.2 Å². The number of imide groups is 1. The molecule has 33 heavy (non-hydrogen) atoms. The summed E-state index contributed by atoms with van der Waals surface area (Å²) >= 11 is 0.738. The van der Waals surface area contributed by atoms with E-state index in [2.05, 4.69) is 4.74 Å². The maximum atomic E-state index is 12.6. The van der Waals surface area contributed by atoms with E-state index in [9.17, 15) is 19.2 Å². The van der Waals surface area contributed by atoms with E-state index >= 15 is 0 Å². The number of ether oxygens (including phenoxy) is 3. The van der Waals surface area contributed by atoms with E-state index in [4.69, 9.17) is 14.6 Å². The summed E-state index contributed by atoms with van der Waals surface area (Å²) in [7, 11) is 2.66. The molecular weight excluding hydrogens is 450 g/mol. The second-order valence-corrected chi connectivity index (χ2v) is 7.95. The molecule has 3 rings (SSSR count). The first-order chi connectivity index (χ1) is 15.7. The van der Waals surface area contributed by atoms with E-state index in [0.29, 0.717) is 17.1 Å². The first-order valence-corrected chi connectivity index (χ1v) is 10.5. The average Bonchev–Trinajstić information content (AvgIpc) is 3.09. The second-order valence-electron chi connectivity index (χ2n) is 6.95. The third kappa shape index (κ3) is 5.35. The first kappa shape index (κ1) is 23.9. The Hall–Kier alpha value is -3.79. The maximum absolute atomic E-state index is 12.6. The Morgan fingerprint density at radius 3 is 2.39 bits per heavy atom. The fraction of sp³-hybridized carbons (Fsp3) is 0.217. The fourth-order valence-electron chi connectivity index (χ4n) is 3.04. The van der Waals surface area contributed by atoms with E-state index in [1.165, 1.54) is 39.4 Å². The number of nitrogens with zero attached hydrogens (tertiary/aromatic N) is 1. The summed E-state index contributed by atoms with van der Waals surface area (Å²) in [5, 5.41) is 8.42. The van der Waals surface area contributed by atoms with Crippen molar-refractivity contribution in [1.29, 1.82) is 0 Å². The lowest BCUT2D eigenvalue weighted by atomic mass is 10.1. The Labute approximate surface area is 193 Å². The van der Waals surface area contributed by atoms with Crippen molar-refractivity contribution in [2.24, 2.45) is 0 Å². The number of benzene rings is 2. The van der Waals surface area contributed by atoms with E-state index in [-0.39, 0.29) is 17.1 Å². The van der Waals surface area contributed by atoms with Crippen LogP contribution < -0.4 is 9.47 Å². The molecule has 1 heterocycles. The smallest absolute Gasteiger partial charge is 0.335 e. The molecule has 1 saturated heterocycles. The summed E-state index contributed by atoms with van der Waals surface area (Å²) in [4.78, 5) is 48.6. The normalized spacial score (nSPS) is 15.5. The zero-order valence-electron chi connectivity index (χ0n) is 18.1. The third-order valence-corrected chi connectivity index (χ3v) is 5.72. The lowest BCUT2D eigenvalue weighted by Gasteiger charge is -2.18. The molecule has 2 aromatic rings. The summed E-state index contributed by atoms with van der Waals surface area (Å²) in [5.74, 6) is -1.40. The molecule has 1 N–H and O–H groups in total. The van der Waals surface area contributed by atoms with Gasteiger partial charge in [-0.25, -0.2) is 9.59 Å². The first-order valence-electron chi connectivity index (χ1n) is 9.73. The molecule has 2 amide bonds. The number of rotatable bonds is 8. The standard InChI is InChI=1S/C23H21NO8S/c1-13(22(28)31-3)24-20(25)19(33-23(24)29)11-15-6-9-17(18(10-15)30-2)32-12-14-4-7-16(8-5-14)21(26)27/h4-11,13H,12H2,1-3H3,(H,26,27)/b19-11-/t13-/m0/s1. The van der Waals surface area contributed by atoms with Gasteiger partial charge in [0.05, 0.1) is 24.7 Å². The van der Waals surface area contributed by atoms with Crippen molar-refractivity contribution in [1.82, 2.24) is 4.90 Å². The van der Waals surface area contributed by atoms with Crippen molar-refractivity contribution in [3.05, 3.63) is 64.1 Å². The van der Waals surface area contributed by atoms with Crippen molar-refractivity contribution in [2.45, 2.75) is 19.6 Å². The topological polar surface area (TPSA) is 119 Å². The van der Waals surface area contributed by atoms with Gasteiger partial charge in [0.1, 0.15) is 12.6 Å². The van der Waals surface area contributed by atoms with Crippen molar-refractivity contribution < 1.29 is 38.5 Å². The SMILES string of the molecule is COC(=O)[C@H](C)N1C(=O)S/C(=C\c2ccc(OCc3ccc(C(=O)O)cc3)c(OC)c2)C1=O. The van der Waals surface area contributed by atoms with E-state index < -0.39 is 29.1 Å². The number of aromatic carboxylic acids is 1. The number of carboxylic acids is 1. The molecule has 1 aliphatic rings. The Balaban J connectivity index is 1.74. The molecule has 10 heteroatoms. The summed E-state index contributed by atoms with van der Waals surface area (Å²) in [6.07, 6.45) is 1.53. The van der Waals surface area contributed by atoms with Gasteiger partial charge in [0, 0.05) is 0 Å².